The third-order valence-corrected chi connectivity index (χ3v) is 3.05. The van der Waals surface area contributed by atoms with Gasteiger partial charge in [0.05, 0.1) is 11.9 Å². The van der Waals surface area contributed by atoms with Gasteiger partial charge in [-0.1, -0.05) is 0 Å². The van der Waals surface area contributed by atoms with Gasteiger partial charge in [0.15, 0.2) is 0 Å². The zero-order valence-corrected chi connectivity index (χ0v) is 9.77. The monoisotopic (exact) mass is 242 g/mol. The average Bonchev–Trinajstić information content (AvgIpc) is 2.94. The average molecular weight is 242 g/mol. The Balaban J connectivity index is 1.95. The predicted molar refractivity (Wildman–Crippen MR) is 69.2 cm³/mol. The number of hydrogen-bond donors (Lipinski definition) is 4. The number of nitrogens with zero attached hydrogens (tertiary/aromatic N) is 1. The first-order chi connectivity index (χ1) is 8.76. The molecular formula is C13H14N4O. The van der Waals surface area contributed by atoms with Crippen molar-refractivity contribution in [3.05, 3.63) is 47.4 Å². The Morgan fingerprint density at radius 3 is 3.00 bits per heavy atom. The molecule has 0 atom stereocenters. The summed E-state index contributed by atoms with van der Waals surface area (Å²) in [6, 6.07) is 7.32. The summed E-state index contributed by atoms with van der Waals surface area (Å²) in [5, 5.41) is 17.3. The summed E-state index contributed by atoms with van der Waals surface area (Å²) in [6.07, 6.45) is 2.55. The number of H-pyrrole nitrogens is 2. The van der Waals surface area contributed by atoms with Crippen LogP contribution in [-0.2, 0) is 13.0 Å². The Morgan fingerprint density at radius 2 is 2.17 bits per heavy atom. The smallest absolute Gasteiger partial charge is 0.116 e. The van der Waals surface area contributed by atoms with Crippen LogP contribution in [0, 0.1) is 0 Å². The highest BCUT2D eigenvalue weighted by Gasteiger charge is 2.07. The highest BCUT2D eigenvalue weighted by molar-refractivity contribution is 5.81. The van der Waals surface area contributed by atoms with Crippen LogP contribution in [-0.4, -0.2) is 20.3 Å². The summed E-state index contributed by atoms with van der Waals surface area (Å²) in [7, 11) is 0. The van der Waals surface area contributed by atoms with E-state index in [1.807, 2.05) is 12.1 Å². The molecule has 5 heteroatoms. The lowest BCUT2D eigenvalue weighted by atomic mass is 10.1. The minimum absolute atomic E-state index is 0.277. The zero-order valence-electron chi connectivity index (χ0n) is 9.77. The first-order valence-electron chi connectivity index (χ1n) is 5.78. The fraction of sp³-hybridized carbons (Fsp3) is 0.154. The summed E-state index contributed by atoms with van der Waals surface area (Å²) in [4.78, 5) is 3.32. The molecule has 0 bridgehead atoms. The maximum absolute atomic E-state index is 9.43. The molecule has 0 amide bonds. The molecule has 18 heavy (non-hydrogen) atoms. The summed E-state index contributed by atoms with van der Waals surface area (Å²) < 4.78 is 0. The van der Waals surface area contributed by atoms with Crippen molar-refractivity contribution < 1.29 is 5.11 Å². The van der Waals surface area contributed by atoms with Crippen molar-refractivity contribution in [2.24, 2.45) is 5.73 Å². The van der Waals surface area contributed by atoms with Crippen LogP contribution in [0.4, 0.5) is 0 Å². The van der Waals surface area contributed by atoms with Crippen LogP contribution in [0.25, 0.3) is 10.9 Å². The first kappa shape index (κ1) is 10.9. The number of fused-ring (bicyclic) bond motifs is 1. The Bertz CT molecular complexity index is 683. The molecule has 92 valence electrons. The highest BCUT2D eigenvalue weighted by atomic mass is 16.3. The molecule has 0 unspecified atom stereocenters. The van der Waals surface area contributed by atoms with E-state index in [1.165, 1.54) is 0 Å². The molecule has 5 N–H and O–H groups in total. The molecule has 0 fully saturated rings. The van der Waals surface area contributed by atoms with Gasteiger partial charge in [0.2, 0.25) is 0 Å². The lowest BCUT2D eigenvalue weighted by molar-refractivity contribution is 0.476. The van der Waals surface area contributed by atoms with Gasteiger partial charge in [-0.2, -0.15) is 5.10 Å². The molecule has 0 aliphatic rings. The van der Waals surface area contributed by atoms with Crippen LogP contribution in [0.5, 0.6) is 5.75 Å². The van der Waals surface area contributed by atoms with Gasteiger partial charge in [-0.3, -0.25) is 5.10 Å². The van der Waals surface area contributed by atoms with Gasteiger partial charge in [-0.15, -0.1) is 0 Å². The number of phenolic OH excluding ortho intramolecular Hbond substituents is 1. The molecule has 0 saturated heterocycles. The number of hydrogen-bond acceptors (Lipinski definition) is 3. The molecule has 2 aromatic heterocycles. The third kappa shape index (κ3) is 1.84. The summed E-state index contributed by atoms with van der Waals surface area (Å²) >= 11 is 0. The van der Waals surface area contributed by atoms with Gasteiger partial charge >= 0.3 is 0 Å². The molecule has 1 aromatic carbocycles. The van der Waals surface area contributed by atoms with E-state index in [1.54, 1.807) is 18.3 Å². The SMILES string of the molecule is NCc1[nH]ncc1Cc1cc2cc(O)ccc2[nH]1. The van der Waals surface area contributed by atoms with Crippen molar-refractivity contribution in [2.45, 2.75) is 13.0 Å². The number of phenols is 1. The van der Waals surface area contributed by atoms with Crippen molar-refractivity contribution in [3.8, 4) is 5.75 Å². The van der Waals surface area contributed by atoms with E-state index in [4.69, 9.17) is 5.73 Å². The second-order valence-corrected chi connectivity index (χ2v) is 4.32. The van der Waals surface area contributed by atoms with Gasteiger partial charge in [0, 0.05) is 35.1 Å². The number of nitrogens with two attached hydrogens (primary N) is 1. The molecule has 0 spiro atoms. The number of aromatic amines is 2. The number of benzene rings is 1. The van der Waals surface area contributed by atoms with E-state index in [-0.39, 0.29) is 5.75 Å². The van der Waals surface area contributed by atoms with E-state index in [0.717, 1.165) is 34.3 Å². The second-order valence-electron chi connectivity index (χ2n) is 4.32. The number of nitrogens with one attached hydrogen (secondary N) is 2. The molecule has 0 saturated carbocycles. The normalized spacial score (nSPS) is 11.2. The molecule has 2 heterocycles. The van der Waals surface area contributed by atoms with Gasteiger partial charge in [0.25, 0.3) is 0 Å². The molecule has 0 radical (unpaired) electrons. The summed E-state index contributed by atoms with van der Waals surface area (Å²) in [5.41, 5.74) is 9.77. The molecule has 3 aromatic rings. The Labute approximate surface area is 104 Å². The van der Waals surface area contributed by atoms with E-state index >= 15 is 0 Å². The van der Waals surface area contributed by atoms with E-state index in [9.17, 15) is 5.11 Å². The fourth-order valence-electron chi connectivity index (χ4n) is 2.15. The van der Waals surface area contributed by atoms with E-state index in [2.05, 4.69) is 15.2 Å². The van der Waals surface area contributed by atoms with Crippen LogP contribution < -0.4 is 5.73 Å². The van der Waals surface area contributed by atoms with Crippen LogP contribution in [0.15, 0.2) is 30.5 Å². The van der Waals surface area contributed by atoms with Crippen LogP contribution in [0.2, 0.25) is 0 Å². The second kappa shape index (κ2) is 4.19. The van der Waals surface area contributed by atoms with Crippen LogP contribution in [0.1, 0.15) is 17.0 Å². The maximum Gasteiger partial charge on any atom is 0.116 e. The van der Waals surface area contributed by atoms with Crippen LogP contribution >= 0.6 is 0 Å². The van der Waals surface area contributed by atoms with Gasteiger partial charge in [0.1, 0.15) is 5.75 Å². The third-order valence-electron chi connectivity index (χ3n) is 3.05. The van der Waals surface area contributed by atoms with Crippen molar-refractivity contribution in [1.29, 1.82) is 0 Å². The largest absolute Gasteiger partial charge is 0.508 e. The quantitative estimate of drug-likeness (QED) is 0.562. The Hall–Kier alpha value is -2.27. The summed E-state index contributed by atoms with van der Waals surface area (Å²) in [6.45, 7) is 0.455. The first-order valence-corrected chi connectivity index (χ1v) is 5.78. The van der Waals surface area contributed by atoms with Gasteiger partial charge in [-0.25, -0.2) is 0 Å². The molecule has 5 nitrogen and oxygen atoms in total. The number of rotatable bonds is 3. The van der Waals surface area contributed by atoms with Gasteiger partial charge in [-0.05, 0) is 24.3 Å². The lowest BCUT2D eigenvalue weighted by Crippen LogP contribution is -2.01. The topological polar surface area (TPSA) is 90.7 Å². The van der Waals surface area contributed by atoms with Crippen molar-refractivity contribution in [3.63, 3.8) is 0 Å². The zero-order chi connectivity index (χ0) is 12.5. The summed E-state index contributed by atoms with van der Waals surface area (Å²) in [5.74, 6) is 0.277. The Morgan fingerprint density at radius 1 is 1.28 bits per heavy atom. The van der Waals surface area contributed by atoms with Crippen molar-refractivity contribution in [2.75, 3.05) is 0 Å². The van der Waals surface area contributed by atoms with Crippen molar-refractivity contribution >= 4 is 10.9 Å². The van der Waals surface area contributed by atoms with Crippen molar-refractivity contribution in [1.82, 2.24) is 15.2 Å². The molecule has 0 aliphatic heterocycles. The number of aromatic nitrogens is 3. The molecule has 0 aliphatic carbocycles. The van der Waals surface area contributed by atoms with Crippen LogP contribution in [0.3, 0.4) is 0 Å². The Kier molecular flexibility index (Phi) is 2.53. The predicted octanol–water partition coefficient (Wildman–Crippen LogP) is 1.65. The molecule has 3 rings (SSSR count). The highest BCUT2D eigenvalue weighted by Crippen LogP contribution is 2.22. The minimum atomic E-state index is 0.277. The standard InChI is InChI=1S/C13H14N4O/c14-6-13-9(7-15-17-13)4-10-3-8-5-11(18)1-2-12(8)16-10/h1-3,5,7,16,18H,4,6,14H2,(H,15,17). The van der Waals surface area contributed by atoms with E-state index in [0.29, 0.717) is 6.54 Å². The fourth-order valence-corrected chi connectivity index (χ4v) is 2.15. The molecular weight excluding hydrogens is 228 g/mol. The van der Waals surface area contributed by atoms with Gasteiger partial charge < -0.3 is 15.8 Å². The minimum Gasteiger partial charge on any atom is -0.508 e. The van der Waals surface area contributed by atoms with E-state index < -0.39 is 0 Å². The maximum atomic E-state index is 9.43. The lowest BCUT2D eigenvalue weighted by Gasteiger charge is -1.98. The number of aromatic hydroxyl groups is 1.